The number of benzene rings is 2. The van der Waals surface area contributed by atoms with E-state index in [2.05, 4.69) is 30.8 Å². The van der Waals surface area contributed by atoms with Gasteiger partial charge in [-0.1, -0.05) is 48.9 Å². The van der Waals surface area contributed by atoms with Crippen LogP contribution in [0, 0.1) is 0 Å². The van der Waals surface area contributed by atoms with Gasteiger partial charge in [0.25, 0.3) is 0 Å². The van der Waals surface area contributed by atoms with Crippen molar-refractivity contribution >= 4 is 10.8 Å². The second kappa shape index (κ2) is 6.36. The van der Waals surface area contributed by atoms with E-state index in [0.29, 0.717) is 0 Å². The fraction of sp³-hybridized carbons (Fsp3) is 0.294. The third kappa shape index (κ3) is 3.21. The van der Waals surface area contributed by atoms with Crippen LogP contribution < -0.4 is 0 Å². The molecule has 0 heterocycles. The van der Waals surface area contributed by atoms with Gasteiger partial charge >= 0.3 is 0 Å². The van der Waals surface area contributed by atoms with Crippen molar-refractivity contribution in [2.45, 2.75) is 31.8 Å². The summed E-state index contributed by atoms with van der Waals surface area (Å²) < 4.78 is 0. The van der Waals surface area contributed by atoms with Gasteiger partial charge in [0.2, 0.25) is 0 Å². The number of aliphatic hydroxyl groups is 1. The molecule has 2 rings (SSSR count). The molecule has 0 fully saturated rings. The molecule has 94 valence electrons. The maximum Gasteiger partial charge on any atom is 0.0790 e. The Morgan fingerprint density at radius 3 is 2.61 bits per heavy atom. The summed E-state index contributed by atoms with van der Waals surface area (Å²) in [6.45, 7) is 3.71. The summed E-state index contributed by atoms with van der Waals surface area (Å²) in [4.78, 5) is 0. The zero-order valence-corrected chi connectivity index (χ0v) is 10.7. The Morgan fingerprint density at radius 1 is 1.06 bits per heavy atom. The molecule has 0 aliphatic heterocycles. The number of fused-ring (bicyclic) bond motifs is 1. The van der Waals surface area contributed by atoms with Crippen LogP contribution in [-0.2, 0) is 0 Å². The molecule has 1 atom stereocenters. The highest BCUT2D eigenvalue weighted by Crippen LogP contribution is 2.23. The lowest BCUT2D eigenvalue weighted by atomic mass is 10.00. The largest absolute Gasteiger partial charge is 0.388 e. The number of allylic oxidation sites excluding steroid dienone is 1. The molecule has 0 saturated carbocycles. The van der Waals surface area contributed by atoms with Gasteiger partial charge in [-0.15, -0.1) is 6.58 Å². The van der Waals surface area contributed by atoms with E-state index in [1.807, 2.05) is 24.3 Å². The lowest BCUT2D eigenvalue weighted by molar-refractivity contribution is 0.164. The van der Waals surface area contributed by atoms with Gasteiger partial charge in [-0.3, -0.25) is 0 Å². The first kappa shape index (κ1) is 12.8. The highest BCUT2D eigenvalue weighted by molar-refractivity contribution is 5.83. The number of hydrogen-bond acceptors (Lipinski definition) is 1. The lowest BCUT2D eigenvalue weighted by Gasteiger charge is -2.11. The molecule has 0 saturated heterocycles. The van der Waals surface area contributed by atoms with Gasteiger partial charge in [0.05, 0.1) is 6.10 Å². The van der Waals surface area contributed by atoms with Crippen LogP contribution in [0.2, 0.25) is 0 Å². The van der Waals surface area contributed by atoms with Gasteiger partial charge in [-0.2, -0.15) is 0 Å². The molecular weight excluding hydrogens is 220 g/mol. The first-order chi connectivity index (χ1) is 8.81. The number of hydrogen-bond donors (Lipinski definition) is 1. The van der Waals surface area contributed by atoms with Gasteiger partial charge in [0.1, 0.15) is 0 Å². The quantitative estimate of drug-likeness (QED) is 0.577. The Bertz CT molecular complexity index is 516. The van der Waals surface area contributed by atoms with E-state index >= 15 is 0 Å². The van der Waals surface area contributed by atoms with Crippen LogP contribution in [0.5, 0.6) is 0 Å². The molecule has 0 spiro atoms. The van der Waals surface area contributed by atoms with E-state index in [0.717, 1.165) is 31.2 Å². The zero-order valence-electron chi connectivity index (χ0n) is 10.7. The highest BCUT2D eigenvalue weighted by Gasteiger charge is 2.07. The molecule has 2 aromatic carbocycles. The van der Waals surface area contributed by atoms with Gasteiger partial charge in [0, 0.05) is 0 Å². The van der Waals surface area contributed by atoms with Crippen LogP contribution in [0.4, 0.5) is 0 Å². The Labute approximate surface area is 109 Å². The van der Waals surface area contributed by atoms with Crippen LogP contribution in [0.3, 0.4) is 0 Å². The molecule has 18 heavy (non-hydrogen) atoms. The fourth-order valence-corrected chi connectivity index (χ4v) is 2.21. The summed E-state index contributed by atoms with van der Waals surface area (Å²) in [5.41, 5.74) is 1.02. The molecule has 0 aliphatic carbocycles. The molecule has 0 amide bonds. The summed E-state index contributed by atoms with van der Waals surface area (Å²) in [5, 5.41) is 12.6. The first-order valence-electron chi connectivity index (χ1n) is 6.59. The van der Waals surface area contributed by atoms with Crippen molar-refractivity contribution < 1.29 is 5.11 Å². The number of unbranched alkanes of at least 4 members (excludes halogenated alkanes) is 2. The molecule has 0 bridgehead atoms. The Hall–Kier alpha value is -1.60. The van der Waals surface area contributed by atoms with E-state index in [4.69, 9.17) is 0 Å². The van der Waals surface area contributed by atoms with E-state index in [1.165, 1.54) is 10.8 Å². The van der Waals surface area contributed by atoms with Crippen molar-refractivity contribution in [3.8, 4) is 0 Å². The van der Waals surface area contributed by atoms with Crippen molar-refractivity contribution in [3.05, 3.63) is 60.7 Å². The monoisotopic (exact) mass is 240 g/mol. The normalized spacial score (nSPS) is 12.5. The SMILES string of the molecule is C=CCCCCC(O)c1ccc2ccccc2c1. The van der Waals surface area contributed by atoms with E-state index in [-0.39, 0.29) is 6.10 Å². The summed E-state index contributed by atoms with van der Waals surface area (Å²) in [6.07, 6.45) is 5.59. The van der Waals surface area contributed by atoms with Crippen LogP contribution in [0.1, 0.15) is 37.4 Å². The minimum atomic E-state index is -0.348. The van der Waals surface area contributed by atoms with Gasteiger partial charge in [-0.05, 0) is 41.7 Å². The van der Waals surface area contributed by atoms with Crippen molar-refractivity contribution in [2.75, 3.05) is 0 Å². The molecule has 0 radical (unpaired) electrons. The second-order valence-corrected chi connectivity index (χ2v) is 4.70. The number of rotatable bonds is 6. The maximum atomic E-state index is 10.2. The first-order valence-corrected chi connectivity index (χ1v) is 6.59. The Morgan fingerprint density at radius 2 is 1.83 bits per heavy atom. The number of aliphatic hydroxyl groups excluding tert-OH is 1. The Kier molecular flexibility index (Phi) is 4.54. The maximum absolute atomic E-state index is 10.2. The molecular formula is C17H20O. The molecule has 1 N–H and O–H groups in total. The van der Waals surface area contributed by atoms with Crippen LogP contribution in [0.15, 0.2) is 55.1 Å². The van der Waals surface area contributed by atoms with Crippen LogP contribution in [-0.4, -0.2) is 5.11 Å². The summed E-state index contributed by atoms with van der Waals surface area (Å²) in [6, 6.07) is 14.4. The van der Waals surface area contributed by atoms with E-state index in [9.17, 15) is 5.11 Å². The highest BCUT2D eigenvalue weighted by atomic mass is 16.3. The minimum Gasteiger partial charge on any atom is -0.388 e. The van der Waals surface area contributed by atoms with Crippen LogP contribution in [0.25, 0.3) is 10.8 Å². The third-order valence-corrected chi connectivity index (χ3v) is 3.29. The molecule has 0 aromatic heterocycles. The van der Waals surface area contributed by atoms with Crippen molar-refractivity contribution in [1.82, 2.24) is 0 Å². The molecule has 0 aliphatic rings. The Balaban J connectivity index is 2.03. The van der Waals surface area contributed by atoms with E-state index in [1.54, 1.807) is 0 Å². The predicted molar refractivity (Wildman–Crippen MR) is 77.6 cm³/mol. The van der Waals surface area contributed by atoms with Gasteiger partial charge < -0.3 is 5.11 Å². The topological polar surface area (TPSA) is 20.2 Å². The second-order valence-electron chi connectivity index (χ2n) is 4.70. The van der Waals surface area contributed by atoms with Gasteiger partial charge in [0.15, 0.2) is 0 Å². The van der Waals surface area contributed by atoms with Gasteiger partial charge in [-0.25, -0.2) is 0 Å². The summed E-state index contributed by atoms with van der Waals surface area (Å²) in [5.74, 6) is 0. The van der Waals surface area contributed by atoms with E-state index < -0.39 is 0 Å². The summed E-state index contributed by atoms with van der Waals surface area (Å²) >= 11 is 0. The smallest absolute Gasteiger partial charge is 0.0790 e. The van der Waals surface area contributed by atoms with Crippen molar-refractivity contribution in [2.24, 2.45) is 0 Å². The molecule has 2 aromatic rings. The lowest BCUT2D eigenvalue weighted by Crippen LogP contribution is -1.97. The van der Waals surface area contributed by atoms with Crippen LogP contribution >= 0.6 is 0 Å². The average molecular weight is 240 g/mol. The average Bonchev–Trinajstić information content (AvgIpc) is 2.43. The molecule has 1 heteroatoms. The molecule has 1 unspecified atom stereocenters. The predicted octanol–water partition coefficient (Wildman–Crippen LogP) is 4.62. The molecule has 1 nitrogen and oxygen atoms in total. The third-order valence-electron chi connectivity index (χ3n) is 3.29. The zero-order chi connectivity index (χ0) is 12.8. The standard InChI is InChI=1S/C17H20O/c1-2-3-4-5-10-17(18)16-12-11-14-8-6-7-9-15(14)13-16/h2,6-9,11-13,17-18H,1,3-5,10H2. The van der Waals surface area contributed by atoms with Crippen molar-refractivity contribution in [1.29, 1.82) is 0 Å². The minimum absolute atomic E-state index is 0.348. The fourth-order valence-electron chi connectivity index (χ4n) is 2.21. The van der Waals surface area contributed by atoms with Crippen molar-refractivity contribution in [3.63, 3.8) is 0 Å². The summed E-state index contributed by atoms with van der Waals surface area (Å²) in [7, 11) is 0.